The van der Waals surface area contributed by atoms with Gasteiger partial charge in [0.15, 0.2) is 0 Å². The lowest BCUT2D eigenvalue weighted by Gasteiger charge is -2.31. The van der Waals surface area contributed by atoms with Crippen molar-refractivity contribution >= 4 is 17.5 Å². The summed E-state index contributed by atoms with van der Waals surface area (Å²) in [6, 6.07) is 10.0. The predicted molar refractivity (Wildman–Crippen MR) is 110 cm³/mol. The quantitative estimate of drug-likeness (QED) is 0.715. The van der Waals surface area contributed by atoms with Gasteiger partial charge < -0.3 is 24.4 Å². The number of halogens is 3. The molecule has 3 rings (SSSR count). The minimum atomic E-state index is -4.81. The van der Waals surface area contributed by atoms with E-state index in [1.54, 1.807) is 23.1 Å². The smallest absolute Gasteiger partial charge is 0.497 e. The Balaban J connectivity index is 1.58. The number of benzene rings is 2. The van der Waals surface area contributed by atoms with Crippen LogP contribution in [-0.4, -0.2) is 50.4 Å². The normalized spacial score (nSPS) is 14.6. The molecule has 0 bridgehead atoms. The molecule has 2 amide bonds. The Labute approximate surface area is 183 Å². The molecule has 172 valence electrons. The van der Waals surface area contributed by atoms with Gasteiger partial charge in [-0.15, -0.1) is 13.2 Å². The molecule has 10 heteroatoms. The number of ether oxygens (including phenoxy) is 3. The molecule has 0 aliphatic carbocycles. The van der Waals surface area contributed by atoms with Crippen LogP contribution in [0.15, 0.2) is 42.5 Å². The zero-order valence-electron chi connectivity index (χ0n) is 17.6. The number of alkyl halides is 3. The summed E-state index contributed by atoms with van der Waals surface area (Å²) < 4.78 is 51.4. The van der Waals surface area contributed by atoms with Gasteiger partial charge in [-0.05, 0) is 37.1 Å². The van der Waals surface area contributed by atoms with Gasteiger partial charge in [0.05, 0.1) is 14.2 Å². The van der Waals surface area contributed by atoms with E-state index in [4.69, 9.17) is 9.47 Å². The van der Waals surface area contributed by atoms with E-state index in [0.29, 0.717) is 43.0 Å². The first-order valence-corrected chi connectivity index (χ1v) is 9.87. The summed E-state index contributed by atoms with van der Waals surface area (Å²) in [5, 5.41) is 2.62. The number of nitrogens with zero attached hydrogens (tertiary/aromatic N) is 1. The highest BCUT2D eigenvalue weighted by atomic mass is 19.4. The molecule has 0 unspecified atom stereocenters. The van der Waals surface area contributed by atoms with Crippen molar-refractivity contribution in [3.63, 3.8) is 0 Å². The maximum absolute atomic E-state index is 12.9. The van der Waals surface area contributed by atoms with Crippen LogP contribution in [0.2, 0.25) is 0 Å². The van der Waals surface area contributed by atoms with Gasteiger partial charge in [-0.25, -0.2) is 0 Å². The summed E-state index contributed by atoms with van der Waals surface area (Å²) in [5.74, 6) is -0.296. The summed E-state index contributed by atoms with van der Waals surface area (Å²) in [7, 11) is 3.00. The van der Waals surface area contributed by atoms with Crippen LogP contribution in [0.4, 0.5) is 18.9 Å². The van der Waals surface area contributed by atoms with Crippen LogP contribution in [-0.2, 0) is 4.79 Å². The average Bonchev–Trinajstić information content (AvgIpc) is 2.77. The number of hydrogen-bond donors (Lipinski definition) is 1. The summed E-state index contributed by atoms with van der Waals surface area (Å²) in [6.07, 6.45) is -3.95. The number of amides is 2. The average molecular weight is 452 g/mol. The van der Waals surface area contributed by atoms with Gasteiger partial charge in [0.25, 0.3) is 5.91 Å². The molecule has 1 aliphatic rings. The lowest BCUT2D eigenvalue weighted by atomic mass is 9.95. The van der Waals surface area contributed by atoms with Gasteiger partial charge in [-0.1, -0.05) is 6.07 Å². The standard InChI is InChI=1S/C22H23F3N2O5/c1-30-18-10-15(11-19(13-18)31-2)21(29)27-8-6-14(7-9-27)20(28)26-16-4-3-5-17(12-16)32-22(23,24)25/h3-5,10-14H,6-9H2,1-2H3,(H,26,28). The van der Waals surface area contributed by atoms with Gasteiger partial charge >= 0.3 is 6.36 Å². The third-order valence-corrected chi connectivity index (χ3v) is 5.09. The van der Waals surface area contributed by atoms with Crippen LogP contribution in [0, 0.1) is 5.92 Å². The fourth-order valence-corrected chi connectivity index (χ4v) is 3.47. The number of rotatable bonds is 6. The van der Waals surface area contributed by atoms with Gasteiger partial charge in [-0.3, -0.25) is 9.59 Å². The maximum Gasteiger partial charge on any atom is 0.573 e. The second kappa shape index (κ2) is 9.80. The number of methoxy groups -OCH3 is 2. The van der Waals surface area contributed by atoms with E-state index >= 15 is 0 Å². The zero-order valence-corrected chi connectivity index (χ0v) is 17.6. The minimum absolute atomic E-state index is 0.196. The Bertz CT molecular complexity index is 950. The number of anilines is 1. The van der Waals surface area contributed by atoms with Crippen LogP contribution in [0.5, 0.6) is 17.2 Å². The largest absolute Gasteiger partial charge is 0.573 e. The Kier molecular flexibility index (Phi) is 7.12. The molecule has 0 radical (unpaired) electrons. The summed E-state index contributed by atoms with van der Waals surface area (Å²) in [4.78, 5) is 27.1. The van der Waals surface area contributed by atoms with E-state index in [-0.39, 0.29) is 23.4 Å². The number of piperidine rings is 1. The first-order valence-electron chi connectivity index (χ1n) is 9.87. The van der Waals surface area contributed by atoms with Crippen LogP contribution >= 0.6 is 0 Å². The molecule has 0 aromatic heterocycles. The van der Waals surface area contributed by atoms with Gasteiger partial charge in [0, 0.05) is 42.4 Å². The number of carbonyl (C=O) groups is 2. The van der Waals surface area contributed by atoms with E-state index in [1.165, 1.54) is 26.4 Å². The van der Waals surface area contributed by atoms with Crippen molar-refractivity contribution in [1.29, 1.82) is 0 Å². The topological polar surface area (TPSA) is 77.1 Å². The fraction of sp³-hybridized carbons (Fsp3) is 0.364. The van der Waals surface area contributed by atoms with Crippen molar-refractivity contribution in [2.75, 3.05) is 32.6 Å². The molecule has 1 heterocycles. The van der Waals surface area contributed by atoms with E-state index in [1.807, 2.05) is 0 Å². The van der Waals surface area contributed by atoms with Crippen LogP contribution < -0.4 is 19.5 Å². The van der Waals surface area contributed by atoms with Crippen molar-refractivity contribution < 1.29 is 37.0 Å². The fourth-order valence-electron chi connectivity index (χ4n) is 3.47. The van der Waals surface area contributed by atoms with Crippen molar-refractivity contribution in [2.24, 2.45) is 5.92 Å². The van der Waals surface area contributed by atoms with Crippen LogP contribution in [0.25, 0.3) is 0 Å². The molecule has 0 spiro atoms. The number of likely N-dealkylation sites (tertiary alicyclic amines) is 1. The maximum atomic E-state index is 12.9. The second-order valence-electron chi connectivity index (χ2n) is 7.23. The Hall–Kier alpha value is -3.43. The first-order chi connectivity index (χ1) is 15.2. The molecule has 1 aliphatic heterocycles. The predicted octanol–water partition coefficient (Wildman–Crippen LogP) is 4.09. The highest BCUT2D eigenvalue weighted by Crippen LogP contribution is 2.28. The van der Waals surface area contributed by atoms with Crippen molar-refractivity contribution in [3.8, 4) is 17.2 Å². The van der Waals surface area contributed by atoms with Gasteiger partial charge in [0.2, 0.25) is 5.91 Å². The van der Waals surface area contributed by atoms with Crippen LogP contribution in [0.3, 0.4) is 0 Å². The molecular weight excluding hydrogens is 429 g/mol. The highest BCUT2D eigenvalue weighted by molar-refractivity contribution is 5.96. The molecule has 1 N–H and O–H groups in total. The molecular formula is C22H23F3N2O5. The molecule has 1 fully saturated rings. The van der Waals surface area contributed by atoms with Gasteiger partial charge in [0.1, 0.15) is 17.2 Å². The monoisotopic (exact) mass is 452 g/mol. The highest BCUT2D eigenvalue weighted by Gasteiger charge is 2.31. The molecule has 1 saturated heterocycles. The van der Waals surface area contributed by atoms with Crippen molar-refractivity contribution in [3.05, 3.63) is 48.0 Å². The Morgan fingerprint density at radius 3 is 2.16 bits per heavy atom. The van der Waals surface area contributed by atoms with Gasteiger partial charge in [-0.2, -0.15) is 0 Å². The summed E-state index contributed by atoms with van der Waals surface area (Å²) in [6.45, 7) is 0.737. The third kappa shape index (κ3) is 6.05. The van der Waals surface area contributed by atoms with Crippen molar-refractivity contribution in [2.45, 2.75) is 19.2 Å². The first kappa shape index (κ1) is 23.2. The number of carbonyl (C=O) groups excluding carboxylic acids is 2. The van der Waals surface area contributed by atoms with Crippen molar-refractivity contribution in [1.82, 2.24) is 4.90 Å². The molecule has 7 nitrogen and oxygen atoms in total. The molecule has 2 aromatic carbocycles. The third-order valence-electron chi connectivity index (χ3n) is 5.09. The lowest BCUT2D eigenvalue weighted by molar-refractivity contribution is -0.274. The molecule has 32 heavy (non-hydrogen) atoms. The Morgan fingerprint density at radius 1 is 0.969 bits per heavy atom. The van der Waals surface area contributed by atoms with E-state index in [9.17, 15) is 22.8 Å². The van der Waals surface area contributed by atoms with E-state index < -0.39 is 12.1 Å². The molecule has 2 aromatic rings. The van der Waals surface area contributed by atoms with E-state index in [0.717, 1.165) is 12.1 Å². The summed E-state index contributed by atoms with van der Waals surface area (Å²) in [5.41, 5.74) is 0.629. The van der Waals surface area contributed by atoms with Crippen LogP contribution in [0.1, 0.15) is 23.2 Å². The Morgan fingerprint density at radius 2 is 1.59 bits per heavy atom. The minimum Gasteiger partial charge on any atom is -0.497 e. The van der Waals surface area contributed by atoms with E-state index in [2.05, 4.69) is 10.1 Å². The second-order valence-corrected chi connectivity index (χ2v) is 7.23. The molecule has 0 atom stereocenters. The summed E-state index contributed by atoms with van der Waals surface area (Å²) >= 11 is 0. The molecule has 0 saturated carbocycles. The zero-order chi connectivity index (χ0) is 23.3. The number of nitrogens with one attached hydrogen (secondary N) is 1. The number of hydrogen-bond acceptors (Lipinski definition) is 5. The lowest BCUT2D eigenvalue weighted by Crippen LogP contribution is -2.41. The SMILES string of the molecule is COc1cc(OC)cc(C(=O)N2CCC(C(=O)Nc3cccc(OC(F)(F)F)c3)CC2)c1.